The summed E-state index contributed by atoms with van der Waals surface area (Å²) in [4.78, 5) is 15.8. The third-order valence-corrected chi connectivity index (χ3v) is 6.80. The maximum atomic E-state index is 13.7. The van der Waals surface area contributed by atoms with Gasteiger partial charge < -0.3 is 15.0 Å². The molecule has 1 amide bonds. The molecule has 0 spiro atoms. The summed E-state index contributed by atoms with van der Waals surface area (Å²) in [5.74, 6) is 2.74. The fourth-order valence-electron chi connectivity index (χ4n) is 5.25. The number of nitrogens with zero attached hydrogens (tertiary/aromatic N) is 1. The molecule has 1 aromatic carbocycles. The summed E-state index contributed by atoms with van der Waals surface area (Å²) in [5, 5.41) is 3.52. The van der Waals surface area contributed by atoms with Crippen LogP contribution >= 0.6 is 12.4 Å². The number of carbonyl (C=O) groups is 1. The van der Waals surface area contributed by atoms with Crippen molar-refractivity contribution in [3.63, 3.8) is 0 Å². The van der Waals surface area contributed by atoms with Crippen molar-refractivity contribution in [3.05, 3.63) is 29.8 Å². The van der Waals surface area contributed by atoms with Gasteiger partial charge in [0, 0.05) is 13.1 Å². The van der Waals surface area contributed by atoms with Gasteiger partial charge in [0.25, 0.3) is 0 Å². The molecule has 5 heteroatoms. The van der Waals surface area contributed by atoms with Crippen molar-refractivity contribution >= 4 is 18.3 Å². The normalized spacial score (nSPS) is 27.3. The Morgan fingerprint density at radius 1 is 1.15 bits per heavy atom. The van der Waals surface area contributed by atoms with E-state index in [1.807, 2.05) is 12.1 Å². The van der Waals surface area contributed by atoms with E-state index < -0.39 is 0 Å². The highest BCUT2D eigenvalue weighted by atomic mass is 35.5. The topological polar surface area (TPSA) is 41.6 Å². The number of hydrogen-bond acceptors (Lipinski definition) is 3. The Balaban J connectivity index is 0.00000196. The molecule has 1 N–H and O–H groups in total. The SMILES string of the molecule is COc1cccc(C2(C(=O)N3CC[C@@H]4CNC[C@@H]4CC3)CCCC2)c1.Cl. The van der Waals surface area contributed by atoms with Gasteiger partial charge in [0.2, 0.25) is 5.91 Å². The van der Waals surface area contributed by atoms with E-state index in [1.165, 1.54) is 0 Å². The maximum absolute atomic E-state index is 13.7. The smallest absolute Gasteiger partial charge is 0.233 e. The van der Waals surface area contributed by atoms with Crippen LogP contribution in [0.4, 0.5) is 0 Å². The second-order valence-electron chi connectivity index (χ2n) is 8.07. The lowest BCUT2D eigenvalue weighted by atomic mass is 9.77. The van der Waals surface area contributed by atoms with Crippen LogP contribution < -0.4 is 10.1 Å². The summed E-state index contributed by atoms with van der Waals surface area (Å²) in [6.07, 6.45) is 6.54. The molecule has 2 atom stereocenters. The molecule has 2 saturated heterocycles. The Labute approximate surface area is 163 Å². The minimum Gasteiger partial charge on any atom is -0.497 e. The Kier molecular flexibility index (Phi) is 6.13. The second-order valence-corrected chi connectivity index (χ2v) is 8.07. The molecule has 2 aliphatic heterocycles. The number of methoxy groups -OCH3 is 1. The first-order valence-electron chi connectivity index (χ1n) is 9.87. The number of benzene rings is 1. The molecular formula is C21H31ClN2O2. The number of hydrogen-bond donors (Lipinski definition) is 1. The molecule has 26 heavy (non-hydrogen) atoms. The van der Waals surface area contributed by atoms with Crippen molar-refractivity contribution < 1.29 is 9.53 Å². The largest absolute Gasteiger partial charge is 0.497 e. The van der Waals surface area contributed by atoms with Crippen LogP contribution in [0, 0.1) is 11.8 Å². The number of carbonyl (C=O) groups excluding carboxylic acids is 1. The highest BCUT2D eigenvalue weighted by Gasteiger charge is 2.46. The van der Waals surface area contributed by atoms with Gasteiger partial charge in [0.1, 0.15) is 5.75 Å². The van der Waals surface area contributed by atoms with E-state index in [1.54, 1.807) is 7.11 Å². The molecule has 144 valence electrons. The van der Waals surface area contributed by atoms with Crippen molar-refractivity contribution in [2.24, 2.45) is 11.8 Å². The van der Waals surface area contributed by atoms with Gasteiger partial charge in [-0.2, -0.15) is 0 Å². The van der Waals surface area contributed by atoms with Gasteiger partial charge in [-0.15, -0.1) is 12.4 Å². The van der Waals surface area contributed by atoms with Crippen molar-refractivity contribution in [1.82, 2.24) is 10.2 Å². The van der Waals surface area contributed by atoms with Gasteiger partial charge in [-0.05, 0) is 68.3 Å². The zero-order chi connectivity index (χ0) is 17.3. The third kappa shape index (κ3) is 3.46. The monoisotopic (exact) mass is 378 g/mol. The number of halogens is 1. The lowest BCUT2D eigenvalue weighted by Crippen LogP contribution is -2.46. The number of rotatable bonds is 3. The summed E-state index contributed by atoms with van der Waals surface area (Å²) in [5.41, 5.74) is 0.826. The third-order valence-electron chi connectivity index (χ3n) is 6.80. The Bertz CT molecular complexity index is 616. The van der Waals surface area contributed by atoms with Gasteiger partial charge in [-0.1, -0.05) is 25.0 Å². The van der Waals surface area contributed by atoms with Gasteiger partial charge in [0.15, 0.2) is 0 Å². The fourth-order valence-corrected chi connectivity index (χ4v) is 5.25. The average Bonchev–Trinajstić information content (AvgIpc) is 3.28. The van der Waals surface area contributed by atoms with E-state index in [0.29, 0.717) is 5.91 Å². The first-order valence-corrected chi connectivity index (χ1v) is 9.87. The highest BCUT2D eigenvalue weighted by molar-refractivity contribution is 5.89. The summed E-state index contributed by atoms with van der Waals surface area (Å²) < 4.78 is 5.42. The summed E-state index contributed by atoms with van der Waals surface area (Å²) in [6, 6.07) is 8.21. The van der Waals surface area contributed by atoms with Crippen LogP contribution in [-0.2, 0) is 10.2 Å². The van der Waals surface area contributed by atoms with Crippen molar-refractivity contribution in [2.45, 2.75) is 43.9 Å². The number of ether oxygens (including phenoxy) is 1. The first-order chi connectivity index (χ1) is 12.2. The summed E-state index contributed by atoms with van der Waals surface area (Å²) in [6.45, 7) is 4.11. The zero-order valence-electron chi connectivity index (χ0n) is 15.7. The average molecular weight is 379 g/mol. The predicted molar refractivity (Wildman–Crippen MR) is 106 cm³/mol. The molecule has 1 aliphatic carbocycles. The molecule has 0 unspecified atom stereocenters. The van der Waals surface area contributed by atoms with Crippen molar-refractivity contribution in [3.8, 4) is 5.75 Å². The molecule has 0 aromatic heterocycles. The second kappa shape index (κ2) is 8.18. The quantitative estimate of drug-likeness (QED) is 0.876. The maximum Gasteiger partial charge on any atom is 0.233 e. The molecule has 1 aromatic rings. The number of amides is 1. The van der Waals surface area contributed by atoms with Crippen molar-refractivity contribution in [2.75, 3.05) is 33.3 Å². The Morgan fingerprint density at radius 2 is 1.81 bits per heavy atom. The minimum absolute atomic E-state index is 0. The van der Waals surface area contributed by atoms with Gasteiger partial charge >= 0.3 is 0 Å². The highest BCUT2D eigenvalue weighted by Crippen LogP contribution is 2.44. The number of fused-ring (bicyclic) bond motifs is 1. The van der Waals surface area contributed by atoms with Crippen LogP contribution in [0.3, 0.4) is 0 Å². The van der Waals surface area contributed by atoms with Crippen LogP contribution in [0.5, 0.6) is 5.75 Å². The predicted octanol–water partition coefficient (Wildman–Crippen LogP) is 3.39. The van der Waals surface area contributed by atoms with Crippen molar-refractivity contribution in [1.29, 1.82) is 0 Å². The number of likely N-dealkylation sites (tertiary alicyclic amines) is 1. The van der Waals surface area contributed by atoms with Crippen LogP contribution in [0.2, 0.25) is 0 Å². The van der Waals surface area contributed by atoms with E-state index in [0.717, 1.165) is 87.9 Å². The Morgan fingerprint density at radius 3 is 2.42 bits per heavy atom. The summed E-state index contributed by atoms with van der Waals surface area (Å²) in [7, 11) is 1.70. The molecule has 2 heterocycles. The minimum atomic E-state index is -0.327. The molecule has 3 aliphatic rings. The molecule has 4 rings (SSSR count). The number of nitrogens with one attached hydrogen (secondary N) is 1. The van der Waals surface area contributed by atoms with E-state index >= 15 is 0 Å². The lowest BCUT2D eigenvalue weighted by molar-refractivity contribution is -0.137. The van der Waals surface area contributed by atoms with E-state index in [9.17, 15) is 4.79 Å². The van der Waals surface area contributed by atoms with Crippen LogP contribution in [0.25, 0.3) is 0 Å². The zero-order valence-corrected chi connectivity index (χ0v) is 16.5. The lowest BCUT2D eigenvalue weighted by Gasteiger charge is -2.35. The fraction of sp³-hybridized carbons (Fsp3) is 0.667. The standard InChI is InChI=1S/C21H30N2O2.ClH/c1-25-19-6-4-5-18(13-19)21(9-2-3-10-21)20(24)23-11-7-16-14-22-15-17(16)8-12-23;/h4-6,13,16-17,22H,2-3,7-12,14-15H2,1H3;1H/t16-,17+;. The molecule has 0 bridgehead atoms. The van der Waals surface area contributed by atoms with Gasteiger partial charge in [-0.3, -0.25) is 4.79 Å². The molecule has 3 fully saturated rings. The first kappa shape index (κ1) is 19.5. The molecule has 4 nitrogen and oxygen atoms in total. The van der Waals surface area contributed by atoms with Crippen LogP contribution in [-0.4, -0.2) is 44.1 Å². The van der Waals surface area contributed by atoms with E-state index in [-0.39, 0.29) is 17.8 Å². The van der Waals surface area contributed by atoms with E-state index in [2.05, 4.69) is 22.3 Å². The summed E-state index contributed by atoms with van der Waals surface area (Å²) >= 11 is 0. The molecular weight excluding hydrogens is 348 g/mol. The van der Waals surface area contributed by atoms with E-state index in [4.69, 9.17) is 4.74 Å². The van der Waals surface area contributed by atoms with Gasteiger partial charge in [-0.25, -0.2) is 0 Å². The Hall–Kier alpha value is -1.26. The van der Waals surface area contributed by atoms with Crippen LogP contribution in [0.15, 0.2) is 24.3 Å². The molecule has 1 saturated carbocycles. The molecule has 0 radical (unpaired) electrons. The van der Waals surface area contributed by atoms with Crippen LogP contribution in [0.1, 0.15) is 44.1 Å². The van der Waals surface area contributed by atoms with Gasteiger partial charge in [0.05, 0.1) is 12.5 Å².